The van der Waals surface area contributed by atoms with Gasteiger partial charge < -0.3 is 4.42 Å². The second kappa shape index (κ2) is 7.10. The first-order valence-electron chi connectivity index (χ1n) is 7.45. The Bertz CT molecular complexity index is 937. The van der Waals surface area contributed by atoms with Gasteiger partial charge in [0.15, 0.2) is 5.76 Å². The number of benzene rings is 1. The summed E-state index contributed by atoms with van der Waals surface area (Å²) in [6.45, 7) is 2.46. The minimum absolute atomic E-state index is 0.348. The molecule has 0 aliphatic heterocycles. The van der Waals surface area contributed by atoms with Gasteiger partial charge in [-0.2, -0.15) is 18.3 Å². The van der Waals surface area contributed by atoms with Crippen LogP contribution in [0.25, 0.3) is 11.5 Å². The second-order valence-electron chi connectivity index (χ2n) is 5.03. The largest absolute Gasteiger partial charge is 0.463 e. The molecule has 0 amide bonds. The summed E-state index contributed by atoms with van der Waals surface area (Å²) in [4.78, 5) is 4.99. The Kier molecular flexibility index (Phi) is 4.89. The van der Waals surface area contributed by atoms with Crippen molar-refractivity contribution in [3.8, 4) is 11.5 Å². The van der Waals surface area contributed by atoms with E-state index in [1.54, 1.807) is 29.1 Å². The van der Waals surface area contributed by atoms with Gasteiger partial charge in [-0.15, -0.1) is 11.3 Å². The molecule has 0 aliphatic carbocycles. The van der Waals surface area contributed by atoms with Crippen molar-refractivity contribution in [2.75, 3.05) is 6.54 Å². The van der Waals surface area contributed by atoms with Crippen molar-refractivity contribution in [2.24, 2.45) is 10.1 Å². The van der Waals surface area contributed by atoms with Crippen molar-refractivity contribution in [3.63, 3.8) is 0 Å². The molecule has 1 aromatic carbocycles. The SMILES string of the molecule is CCN=c1scc(-c2ccco2)n1/N=C/c1cccc(C(F)(F)F)c1. The Balaban J connectivity index is 2.02. The predicted octanol–water partition coefficient (Wildman–Crippen LogP) is 4.63. The van der Waals surface area contributed by atoms with Crippen LogP contribution in [-0.2, 0) is 6.18 Å². The zero-order chi connectivity index (χ0) is 17.9. The van der Waals surface area contributed by atoms with Gasteiger partial charge in [0, 0.05) is 11.9 Å². The Morgan fingerprint density at radius 3 is 2.76 bits per heavy atom. The molecule has 0 radical (unpaired) electrons. The number of alkyl halides is 3. The van der Waals surface area contributed by atoms with E-state index in [1.807, 2.05) is 12.3 Å². The summed E-state index contributed by atoms with van der Waals surface area (Å²) < 4.78 is 45.4. The summed E-state index contributed by atoms with van der Waals surface area (Å²) in [5.41, 5.74) is 0.322. The van der Waals surface area contributed by atoms with Crippen LogP contribution < -0.4 is 4.80 Å². The number of halogens is 3. The van der Waals surface area contributed by atoms with Crippen LogP contribution >= 0.6 is 11.3 Å². The molecule has 0 aliphatic rings. The fourth-order valence-corrected chi connectivity index (χ4v) is 3.05. The van der Waals surface area contributed by atoms with E-state index < -0.39 is 11.7 Å². The van der Waals surface area contributed by atoms with E-state index in [0.29, 0.717) is 28.4 Å². The molecule has 0 saturated carbocycles. The van der Waals surface area contributed by atoms with Crippen LogP contribution in [0, 0.1) is 0 Å². The Morgan fingerprint density at radius 1 is 1.24 bits per heavy atom. The highest BCUT2D eigenvalue weighted by atomic mass is 32.1. The van der Waals surface area contributed by atoms with Crippen molar-refractivity contribution in [3.05, 3.63) is 64.0 Å². The van der Waals surface area contributed by atoms with E-state index in [1.165, 1.54) is 23.6 Å². The molecular formula is C17H14F3N3OS. The third-order valence-corrected chi connectivity index (χ3v) is 4.14. The lowest BCUT2D eigenvalue weighted by molar-refractivity contribution is -0.137. The van der Waals surface area contributed by atoms with Crippen LogP contribution in [-0.4, -0.2) is 17.4 Å². The highest BCUT2D eigenvalue weighted by Gasteiger charge is 2.30. The summed E-state index contributed by atoms with van der Waals surface area (Å²) in [5, 5.41) is 6.16. The van der Waals surface area contributed by atoms with E-state index >= 15 is 0 Å². The van der Waals surface area contributed by atoms with Crippen LogP contribution in [0.15, 0.2) is 62.6 Å². The van der Waals surface area contributed by atoms with Gasteiger partial charge in [-0.25, -0.2) is 4.68 Å². The first kappa shape index (κ1) is 17.2. The van der Waals surface area contributed by atoms with Crippen molar-refractivity contribution >= 4 is 17.6 Å². The average molecular weight is 365 g/mol. The van der Waals surface area contributed by atoms with E-state index in [9.17, 15) is 13.2 Å². The van der Waals surface area contributed by atoms with Crippen LogP contribution in [0.3, 0.4) is 0 Å². The molecular weight excluding hydrogens is 351 g/mol. The molecule has 0 bridgehead atoms. The maximum absolute atomic E-state index is 12.8. The van der Waals surface area contributed by atoms with Gasteiger partial charge in [0.1, 0.15) is 5.69 Å². The molecule has 130 valence electrons. The maximum atomic E-state index is 12.8. The van der Waals surface area contributed by atoms with Gasteiger partial charge in [-0.3, -0.25) is 4.99 Å². The number of rotatable bonds is 4. The van der Waals surface area contributed by atoms with Crippen molar-refractivity contribution < 1.29 is 17.6 Å². The predicted molar refractivity (Wildman–Crippen MR) is 90.6 cm³/mol. The lowest BCUT2D eigenvalue weighted by atomic mass is 10.1. The summed E-state index contributed by atoms with van der Waals surface area (Å²) in [7, 11) is 0. The van der Waals surface area contributed by atoms with Gasteiger partial charge in [0.05, 0.1) is 18.0 Å². The lowest BCUT2D eigenvalue weighted by Crippen LogP contribution is -2.12. The normalized spacial score (nSPS) is 13.0. The third kappa shape index (κ3) is 3.90. The van der Waals surface area contributed by atoms with E-state index in [4.69, 9.17) is 4.42 Å². The molecule has 2 aromatic heterocycles. The first-order chi connectivity index (χ1) is 12.0. The molecule has 0 atom stereocenters. The highest BCUT2D eigenvalue weighted by molar-refractivity contribution is 7.07. The zero-order valence-electron chi connectivity index (χ0n) is 13.2. The van der Waals surface area contributed by atoms with E-state index in [2.05, 4.69) is 10.1 Å². The minimum Gasteiger partial charge on any atom is -0.463 e. The molecule has 3 rings (SSSR count). The molecule has 25 heavy (non-hydrogen) atoms. The minimum atomic E-state index is -4.39. The summed E-state index contributed by atoms with van der Waals surface area (Å²) >= 11 is 1.38. The number of nitrogens with zero attached hydrogens (tertiary/aromatic N) is 3. The number of hydrogen-bond donors (Lipinski definition) is 0. The smallest absolute Gasteiger partial charge is 0.416 e. The van der Waals surface area contributed by atoms with Crippen molar-refractivity contribution in [1.82, 2.24) is 4.68 Å². The number of aromatic nitrogens is 1. The maximum Gasteiger partial charge on any atom is 0.416 e. The zero-order valence-corrected chi connectivity index (χ0v) is 14.0. The summed E-state index contributed by atoms with van der Waals surface area (Å²) in [5.74, 6) is 0.606. The topological polar surface area (TPSA) is 42.8 Å². The van der Waals surface area contributed by atoms with Gasteiger partial charge in [0.2, 0.25) is 4.80 Å². The average Bonchev–Trinajstić information content (AvgIpc) is 3.22. The van der Waals surface area contributed by atoms with Crippen molar-refractivity contribution in [2.45, 2.75) is 13.1 Å². The third-order valence-electron chi connectivity index (χ3n) is 3.29. The molecule has 8 heteroatoms. The quantitative estimate of drug-likeness (QED) is 0.622. The Morgan fingerprint density at radius 2 is 2.08 bits per heavy atom. The van der Waals surface area contributed by atoms with E-state index in [-0.39, 0.29) is 0 Å². The van der Waals surface area contributed by atoms with E-state index in [0.717, 1.165) is 12.1 Å². The van der Waals surface area contributed by atoms with Gasteiger partial charge in [-0.1, -0.05) is 12.1 Å². The van der Waals surface area contributed by atoms with Crippen molar-refractivity contribution in [1.29, 1.82) is 0 Å². The number of furan rings is 1. The highest BCUT2D eigenvalue weighted by Crippen LogP contribution is 2.29. The molecule has 0 fully saturated rings. The fourth-order valence-electron chi connectivity index (χ4n) is 2.17. The lowest BCUT2D eigenvalue weighted by Gasteiger charge is -2.06. The Hall–Kier alpha value is -2.61. The summed E-state index contributed by atoms with van der Waals surface area (Å²) in [6, 6.07) is 8.54. The number of thiazole rings is 1. The van der Waals surface area contributed by atoms with Crippen LogP contribution in [0.1, 0.15) is 18.1 Å². The van der Waals surface area contributed by atoms with Gasteiger partial charge in [0.25, 0.3) is 0 Å². The molecule has 3 aromatic rings. The second-order valence-corrected chi connectivity index (χ2v) is 5.87. The molecule has 2 heterocycles. The molecule has 0 saturated heterocycles. The molecule has 4 nitrogen and oxygen atoms in total. The Labute approximate surface area is 145 Å². The fraction of sp³-hybridized carbons (Fsp3) is 0.176. The monoisotopic (exact) mass is 365 g/mol. The van der Waals surface area contributed by atoms with Gasteiger partial charge in [-0.05, 0) is 36.8 Å². The van der Waals surface area contributed by atoms with Crippen LogP contribution in [0.4, 0.5) is 13.2 Å². The molecule has 0 unspecified atom stereocenters. The van der Waals surface area contributed by atoms with Gasteiger partial charge >= 0.3 is 6.18 Å². The number of hydrogen-bond acceptors (Lipinski definition) is 4. The van der Waals surface area contributed by atoms with Crippen LogP contribution in [0.2, 0.25) is 0 Å². The van der Waals surface area contributed by atoms with Crippen LogP contribution in [0.5, 0.6) is 0 Å². The standard InChI is InChI=1S/C17H14F3N3OS/c1-2-21-16-23(14(11-25-16)15-7-4-8-24-15)22-10-12-5-3-6-13(9-12)17(18,19)20/h3-11H,2H2,1H3/b21-16?,22-10+. The molecule has 0 N–H and O–H groups in total. The first-order valence-corrected chi connectivity index (χ1v) is 8.33. The molecule has 0 spiro atoms. The summed E-state index contributed by atoms with van der Waals surface area (Å²) in [6.07, 6.45) is -1.46.